The van der Waals surface area contributed by atoms with Crippen LogP contribution in [-0.2, 0) is 14.8 Å². The molecule has 188 valence electrons. The number of alkyl halides is 3. The smallest absolute Gasteiger partial charge is 0.404 e. The lowest BCUT2D eigenvalue weighted by Gasteiger charge is -2.35. The van der Waals surface area contributed by atoms with Gasteiger partial charge < -0.3 is 10.1 Å². The molecule has 1 amide bonds. The van der Waals surface area contributed by atoms with Crippen LogP contribution < -0.4 is 10.1 Å². The summed E-state index contributed by atoms with van der Waals surface area (Å²) in [5.74, 6) is 1.95. The highest BCUT2D eigenvalue weighted by Gasteiger charge is 2.46. The lowest BCUT2D eigenvalue weighted by molar-refractivity contribution is -0.275. The first kappa shape index (κ1) is 23.9. The Kier molecular flexibility index (Phi) is 6.33. The van der Waals surface area contributed by atoms with E-state index in [9.17, 15) is 26.4 Å². The molecule has 0 radical (unpaired) electrons. The van der Waals surface area contributed by atoms with Gasteiger partial charge in [-0.25, -0.2) is 8.42 Å². The predicted octanol–water partition coefficient (Wildman–Crippen LogP) is 4.32. The van der Waals surface area contributed by atoms with E-state index in [0.29, 0.717) is 18.8 Å². The molecule has 4 fully saturated rings. The number of rotatable bonds is 5. The summed E-state index contributed by atoms with van der Waals surface area (Å²) >= 11 is 0. The van der Waals surface area contributed by atoms with E-state index in [4.69, 9.17) is 0 Å². The van der Waals surface area contributed by atoms with Crippen LogP contribution in [0, 0.1) is 29.6 Å². The minimum atomic E-state index is -4.99. The fourth-order valence-corrected chi connectivity index (χ4v) is 8.49. The van der Waals surface area contributed by atoms with E-state index in [-0.39, 0.29) is 31.0 Å². The van der Waals surface area contributed by atoms with Crippen molar-refractivity contribution in [3.8, 4) is 5.75 Å². The average molecular weight is 501 g/mol. The second-order valence-corrected chi connectivity index (χ2v) is 12.4. The standard InChI is InChI=1S/C24H31F3N2O4S/c25-24(26,27)33-21-3-1-2-4-22(21)34(31,32)29-9-7-16(8-10-29)23(30)28-20-6-5-17-11-15-12-18(17)14-19(20)13-15/h1-4,15-20H,5-14H2,(H,28,30). The van der Waals surface area contributed by atoms with Crippen LogP contribution in [0.2, 0.25) is 0 Å². The molecule has 1 heterocycles. The molecule has 5 unspecified atom stereocenters. The Labute approximate surface area is 198 Å². The minimum Gasteiger partial charge on any atom is -0.404 e. The van der Waals surface area contributed by atoms with Gasteiger partial charge in [0.15, 0.2) is 0 Å². The Bertz CT molecular complexity index is 1020. The zero-order chi connectivity index (χ0) is 24.1. The van der Waals surface area contributed by atoms with Crippen molar-refractivity contribution >= 4 is 15.9 Å². The summed E-state index contributed by atoms with van der Waals surface area (Å²) in [4.78, 5) is 12.5. The Morgan fingerprint density at radius 3 is 2.35 bits per heavy atom. The Hall–Kier alpha value is -1.81. The summed E-state index contributed by atoms with van der Waals surface area (Å²) in [6.45, 7) is 0.169. The second kappa shape index (κ2) is 9.00. The third-order valence-corrected chi connectivity index (χ3v) is 10.4. The van der Waals surface area contributed by atoms with E-state index in [1.165, 1.54) is 44.2 Å². The number of hydrogen-bond acceptors (Lipinski definition) is 4. The average Bonchev–Trinajstić information content (AvgIpc) is 3.01. The quantitative estimate of drug-likeness (QED) is 0.654. The molecule has 3 bridgehead atoms. The first-order valence-electron chi connectivity index (χ1n) is 12.3. The number of hydrogen-bond donors (Lipinski definition) is 1. The fourth-order valence-electron chi connectivity index (χ4n) is 6.90. The number of fused-ring (bicyclic) bond motifs is 2. The maximum atomic E-state index is 13.1. The lowest BCUT2D eigenvalue weighted by atomic mass is 9.77. The van der Waals surface area contributed by atoms with E-state index >= 15 is 0 Å². The monoisotopic (exact) mass is 500 g/mol. The maximum absolute atomic E-state index is 13.1. The van der Waals surface area contributed by atoms with Crippen molar-refractivity contribution in [2.24, 2.45) is 29.6 Å². The number of piperidine rings is 1. The first-order valence-corrected chi connectivity index (χ1v) is 13.7. The second-order valence-electron chi connectivity index (χ2n) is 10.5. The first-order chi connectivity index (χ1) is 16.1. The van der Waals surface area contributed by atoms with E-state index in [1.807, 2.05) is 0 Å². The molecule has 1 saturated heterocycles. The molecule has 34 heavy (non-hydrogen) atoms. The molecule has 1 N–H and O–H groups in total. The molecule has 5 atom stereocenters. The van der Waals surface area contributed by atoms with Gasteiger partial charge in [0.25, 0.3) is 0 Å². The normalized spacial score (nSPS) is 32.4. The van der Waals surface area contributed by atoms with Crippen LogP contribution in [0.25, 0.3) is 0 Å². The number of benzene rings is 1. The third kappa shape index (κ3) is 4.80. The van der Waals surface area contributed by atoms with Gasteiger partial charge in [-0.2, -0.15) is 4.31 Å². The molecule has 0 spiro atoms. The van der Waals surface area contributed by atoms with Gasteiger partial charge in [0.2, 0.25) is 15.9 Å². The summed E-state index contributed by atoms with van der Waals surface area (Å²) in [6.07, 6.45) is 3.02. The summed E-state index contributed by atoms with van der Waals surface area (Å²) < 4.78 is 69.4. The van der Waals surface area contributed by atoms with Crippen LogP contribution in [0.5, 0.6) is 5.75 Å². The molecule has 1 aliphatic heterocycles. The van der Waals surface area contributed by atoms with Gasteiger partial charge in [0.05, 0.1) is 0 Å². The number of sulfonamides is 1. The van der Waals surface area contributed by atoms with Gasteiger partial charge in [-0.05, 0) is 87.2 Å². The number of para-hydroxylation sites is 1. The van der Waals surface area contributed by atoms with E-state index < -0.39 is 27.0 Å². The van der Waals surface area contributed by atoms with Crippen molar-refractivity contribution in [3.63, 3.8) is 0 Å². The van der Waals surface area contributed by atoms with E-state index in [2.05, 4.69) is 10.1 Å². The molecule has 5 rings (SSSR count). The number of nitrogens with one attached hydrogen (secondary N) is 1. The van der Waals surface area contributed by atoms with Crippen molar-refractivity contribution in [2.75, 3.05) is 13.1 Å². The molecule has 4 aliphatic rings. The number of halogens is 3. The van der Waals surface area contributed by atoms with Crippen molar-refractivity contribution in [3.05, 3.63) is 24.3 Å². The Balaban J connectivity index is 1.20. The summed E-state index contributed by atoms with van der Waals surface area (Å²) in [6, 6.07) is 4.97. The van der Waals surface area contributed by atoms with Gasteiger partial charge >= 0.3 is 6.36 Å². The third-order valence-electron chi connectivity index (χ3n) is 8.44. The molecular formula is C24H31F3N2O4S. The van der Waals surface area contributed by atoms with Crippen LogP contribution >= 0.6 is 0 Å². The van der Waals surface area contributed by atoms with Crippen LogP contribution in [0.4, 0.5) is 13.2 Å². The largest absolute Gasteiger partial charge is 0.573 e. The number of ether oxygens (including phenoxy) is 1. The lowest BCUT2D eigenvalue weighted by Crippen LogP contribution is -2.47. The highest BCUT2D eigenvalue weighted by molar-refractivity contribution is 7.89. The summed E-state index contributed by atoms with van der Waals surface area (Å²) in [5.41, 5.74) is 0. The molecule has 1 aromatic rings. The van der Waals surface area contributed by atoms with Crippen molar-refractivity contribution in [1.82, 2.24) is 9.62 Å². The maximum Gasteiger partial charge on any atom is 0.573 e. The topological polar surface area (TPSA) is 75.7 Å². The molecule has 3 aliphatic carbocycles. The van der Waals surface area contributed by atoms with Gasteiger partial charge in [0, 0.05) is 25.0 Å². The summed E-state index contributed by atoms with van der Waals surface area (Å²) in [5, 5.41) is 3.29. The fraction of sp³-hybridized carbons (Fsp3) is 0.708. The van der Waals surface area contributed by atoms with Crippen LogP contribution in [-0.4, -0.2) is 44.1 Å². The highest BCUT2D eigenvalue weighted by atomic mass is 32.2. The minimum absolute atomic E-state index is 0.0134. The van der Waals surface area contributed by atoms with Gasteiger partial charge in [-0.3, -0.25) is 4.79 Å². The van der Waals surface area contributed by atoms with Gasteiger partial charge in [0.1, 0.15) is 10.6 Å². The van der Waals surface area contributed by atoms with Crippen LogP contribution in [0.3, 0.4) is 0 Å². The zero-order valence-electron chi connectivity index (χ0n) is 19.0. The molecule has 6 nitrogen and oxygen atoms in total. The van der Waals surface area contributed by atoms with Gasteiger partial charge in [-0.15, -0.1) is 13.2 Å². The number of amides is 1. The van der Waals surface area contributed by atoms with Crippen molar-refractivity contribution < 1.29 is 31.1 Å². The molecule has 10 heteroatoms. The van der Waals surface area contributed by atoms with Gasteiger partial charge in [-0.1, -0.05) is 12.1 Å². The van der Waals surface area contributed by atoms with E-state index in [1.54, 1.807) is 0 Å². The SMILES string of the molecule is O=C(NC1CCC2CC3CC2CC1C3)C1CCN(S(=O)(=O)c2ccccc2OC(F)(F)F)CC1. The molecular weight excluding hydrogens is 469 g/mol. The van der Waals surface area contributed by atoms with Crippen molar-refractivity contribution in [2.45, 2.75) is 68.7 Å². The molecule has 1 aromatic carbocycles. The molecule has 3 saturated carbocycles. The number of carbonyl (C=O) groups is 1. The number of nitrogens with zero attached hydrogens (tertiary/aromatic N) is 1. The zero-order valence-corrected chi connectivity index (χ0v) is 19.8. The van der Waals surface area contributed by atoms with Crippen LogP contribution in [0.1, 0.15) is 51.4 Å². The molecule has 0 aromatic heterocycles. The Morgan fingerprint density at radius 1 is 0.941 bits per heavy atom. The van der Waals surface area contributed by atoms with Crippen molar-refractivity contribution in [1.29, 1.82) is 0 Å². The van der Waals surface area contributed by atoms with Crippen LogP contribution in [0.15, 0.2) is 29.2 Å². The number of carbonyl (C=O) groups excluding carboxylic acids is 1. The Morgan fingerprint density at radius 2 is 1.62 bits per heavy atom. The van der Waals surface area contributed by atoms with E-state index in [0.717, 1.165) is 40.6 Å². The summed E-state index contributed by atoms with van der Waals surface area (Å²) in [7, 11) is -4.18. The highest BCUT2D eigenvalue weighted by Crippen LogP contribution is 2.53. The predicted molar refractivity (Wildman–Crippen MR) is 118 cm³/mol.